The minimum atomic E-state index is -0.696. The van der Waals surface area contributed by atoms with Crippen LogP contribution < -0.4 is 11.0 Å². The lowest BCUT2D eigenvalue weighted by Crippen LogP contribution is -2.16. The summed E-state index contributed by atoms with van der Waals surface area (Å²) in [6, 6.07) is 13.3. The van der Waals surface area contributed by atoms with Crippen LogP contribution in [-0.4, -0.2) is 26.2 Å². The summed E-state index contributed by atoms with van der Waals surface area (Å²) in [5.41, 5.74) is 2.71. The number of nitrogens with one attached hydrogen (secondary N) is 2. The number of benzene rings is 2. The number of hydrazone groups is 1. The fraction of sp³-hybridized carbons (Fsp3) is 0.0526. The molecule has 0 radical (unpaired) electrons. The van der Waals surface area contributed by atoms with E-state index in [9.17, 15) is 25.3 Å². The lowest BCUT2D eigenvalue weighted by molar-refractivity contribution is -0.385. The van der Waals surface area contributed by atoms with E-state index in [-0.39, 0.29) is 22.8 Å². The highest BCUT2D eigenvalue weighted by molar-refractivity contribution is 5.86. The summed E-state index contributed by atoms with van der Waals surface area (Å²) in [5, 5.41) is 34.2. The zero-order valence-corrected chi connectivity index (χ0v) is 15.1. The normalized spacial score (nSPS) is 10.6. The largest absolute Gasteiger partial charge is 0.502 e. The molecule has 0 saturated carbocycles. The fourth-order valence-corrected chi connectivity index (χ4v) is 2.62. The fourth-order valence-electron chi connectivity index (χ4n) is 2.62. The number of aromatic hydroxyl groups is 1. The lowest BCUT2D eigenvalue weighted by Gasteiger charge is -2.06. The second-order valence-corrected chi connectivity index (χ2v) is 5.96. The van der Waals surface area contributed by atoms with E-state index in [0.717, 1.165) is 6.21 Å². The highest BCUT2D eigenvalue weighted by atomic mass is 16.6. The molecule has 0 unspecified atom stereocenters. The molecule has 3 rings (SSSR count). The van der Waals surface area contributed by atoms with Gasteiger partial charge in [-0.2, -0.15) is 10.4 Å². The summed E-state index contributed by atoms with van der Waals surface area (Å²) in [5.74, 6) is -0.567. The number of phenols is 1. The van der Waals surface area contributed by atoms with Crippen molar-refractivity contribution in [1.29, 1.82) is 5.26 Å². The molecule has 2 aromatic carbocycles. The van der Waals surface area contributed by atoms with E-state index in [4.69, 9.17) is 0 Å². The lowest BCUT2D eigenvalue weighted by atomic mass is 10.1. The molecule has 0 saturated heterocycles. The Balaban J connectivity index is 1.95. The Kier molecular flexibility index (Phi) is 5.32. The molecular formula is C19H14N6O4. The number of nitrogens with zero attached hydrogens (tertiary/aromatic N) is 4. The zero-order valence-electron chi connectivity index (χ0n) is 15.1. The number of nitro benzene ring substituents is 1. The second-order valence-electron chi connectivity index (χ2n) is 5.96. The van der Waals surface area contributed by atoms with Crippen LogP contribution in [0.5, 0.6) is 5.75 Å². The van der Waals surface area contributed by atoms with Crippen molar-refractivity contribution in [2.75, 3.05) is 5.43 Å². The van der Waals surface area contributed by atoms with E-state index in [1.54, 1.807) is 37.3 Å². The predicted octanol–water partition coefficient (Wildman–Crippen LogP) is 2.68. The van der Waals surface area contributed by atoms with Crippen molar-refractivity contribution in [1.82, 2.24) is 9.97 Å². The average Bonchev–Trinajstić information content (AvgIpc) is 2.70. The molecule has 1 heterocycles. The van der Waals surface area contributed by atoms with Crippen molar-refractivity contribution in [2.24, 2.45) is 5.10 Å². The summed E-state index contributed by atoms with van der Waals surface area (Å²) in [6.45, 7) is 1.64. The number of H-pyrrole nitrogens is 1. The summed E-state index contributed by atoms with van der Waals surface area (Å²) in [4.78, 5) is 29.1. The first-order valence-electron chi connectivity index (χ1n) is 8.27. The number of nitriles is 1. The molecule has 0 spiro atoms. The second kappa shape index (κ2) is 8.01. The smallest absolute Gasteiger partial charge is 0.311 e. The van der Waals surface area contributed by atoms with Gasteiger partial charge in [0, 0.05) is 17.2 Å². The number of phenolic OH excluding ortho intramolecular Hbond substituents is 1. The Labute approximate surface area is 163 Å². The highest BCUT2D eigenvalue weighted by Crippen LogP contribution is 2.30. The first-order valence-corrected chi connectivity index (χ1v) is 8.27. The first-order chi connectivity index (χ1) is 13.9. The van der Waals surface area contributed by atoms with Crippen molar-refractivity contribution in [3.8, 4) is 23.1 Å². The van der Waals surface area contributed by atoms with Gasteiger partial charge in [-0.1, -0.05) is 30.3 Å². The number of nitro groups is 1. The van der Waals surface area contributed by atoms with Gasteiger partial charge in [0.1, 0.15) is 11.6 Å². The average molecular weight is 390 g/mol. The zero-order chi connectivity index (χ0) is 21.0. The van der Waals surface area contributed by atoms with E-state index < -0.39 is 21.9 Å². The topological polar surface area (TPSA) is 157 Å². The molecule has 0 atom stereocenters. The van der Waals surface area contributed by atoms with E-state index in [1.165, 1.54) is 12.1 Å². The quantitative estimate of drug-likeness (QED) is 0.343. The van der Waals surface area contributed by atoms with E-state index in [1.807, 2.05) is 6.07 Å². The summed E-state index contributed by atoms with van der Waals surface area (Å²) >= 11 is 0. The number of anilines is 1. The molecule has 0 amide bonds. The molecule has 0 bridgehead atoms. The number of hydrogen-bond acceptors (Lipinski definition) is 8. The van der Waals surface area contributed by atoms with Crippen LogP contribution in [0.25, 0.3) is 11.3 Å². The Morgan fingerprint density at radius 1 is 1.34 bits per heavy atom. The predicted molar refractivity (Wildman–Crippen MR) is 106 cm³/mol. The molecule has 144 valence electrons. The van der Waals surface area contributed by atoms with Crippen molar-refractivity contribution < 1.29 is 10.0 Å². The third kappa shape index (κ3) is 4.09. The van der Waals surface area contributed by atoms with Gasteiger partial charge in [-0.15, -0.1) is 0 Å². The molecule has 29 heavy (non-hydrogen) atoms. The number of aromatic amines is 1. The maximum Gasteiger partial charge on any atom is 0.311 e. The van der Waals surface area contributed by atoms with Crippen LogP contribution in [0.15, 0.2) is 52.4 Å². The third-order valence-corrected chi connectivity index (χ3v) is 3.91. The van der Waals surface area contributed by atoms with Gasteiger partial charge in [-0.3, -0.25) is 19.9 Å². The number of aryl methyl sites for hydroxylation is 1. The Hall–Kier alpha value is -4.52. The Bertz CT molecular complexity index is 1210. The summed E-state index contributed by atoms with van der Waals surface area (Å²) in [6.07, 6.45) is 1.16. The van der Waals surface area contributed by atoms with Crippen molar-refractivity contribution in [3.05, 3.63) is 79.6 Å². The van der Waals surface area contributed by atoms with Crippen molar-refractivity contribution in [3.63, 3.8) is 0 Å². The van der Waals surface area contributed by atoms with Crippen molar-refractivity contribution >= 4 is 17.9 Å². The molecule has 0 aliphatic carbocycles. The SMILES string of the molecule is Cc1cc(C=NNc2nc(-c3ccccc3)c(C#N)c(=O)[nH]2)c(O)c([N+](=O)[O-])c1. The van der Waals surface area contributed by atoms with Gasteiger partial charge in [-0.05, 0) is 18.6 Å². The minimum Gasteiger partial charge on any atom is -0.502 e. The van der Waals surface area contributed by atoms with Gasteiger partial charge in [0.2, 0.25) is 11.7 Å². The molecule has 0 aliphatic heterocycles. The van der Waals surface area contributed by atoms with Gasteiger partial charge >= 0.3 is 5.69 Å². The van der Waals surface area contributed by atoms with E-state index in [2.05, 4.69) is 20.5 Å². The first kappa shape index (κ1) is 19.2. The molecule has 3 aromatic rings. The highest BCUT2D eigenvalue weighted by Gasteiger charge is 2.17. The Morgan fingerprint density at radius 2 is 2.07 bits per heavy atom. The van der Waals surface area contributed by atoms with Crippen LogP contribution in [0.1, 0.15) is 16.7 Å². The van der Waals surface area contributed by atoms with Crippen LogP contribution in [0.3, 0.4) is 0 Å². The third-order valence-electron chi connectivity index (χ3n) is 3.91. The van der Waals surface area contributed by atoms with Crippen LogP contribution in [0.4, 0.5) is 11.6 Å². The van der Waals surface area contributed by atoms with E-state index >= 15 is 0 Å². The molecular weight excluding hydrogens is 376 g/mol. The molecule has 0 aliphatic rings. The number of rotatable bonds is 5. The summed E-state index contributed by atoms with van der Waals surface area (Å²) in [7, 11) is 0. The maximum atomic E-state index is 12.2. The molecule has 1 aromatic heterocycles. The van der Waals surface area contributed by atoms with Crippen LogP contribution >= 0.6 is 0 Å². The monoisotopic (exact) mass is 390 g/mol. The molecule has 3 N–H and O–H groups in total. The standard InChI is InChI=1S/C19H14N6O4/c1-11-7-13(17(26)15(8-11)25(28)29)10-21-24-19-22-16(12-5-3-2-4-6-12)14(9-20)18(27)23-19/h2-8,10,26H,1H3,(H2,22,23,24,27). The molecule has 0 fully saturated rings. The minimum absolute atomic E-state index is 0.0363. The van der Waals surface area contributed by atoms with Crippen LogP contribution in [0.2, 0.25) is 0 Å². The summed E-state index contributed by atoms with van der Waals surface area (Å²) < 4.78 is 0. The molecule has 10 heteroatoms. The number of aromatic nitrogens is 2. The Morgan fingerprint density at radius 3 is 2.72 bits per heavy atom. The van der Waals surface area contributed by atoms with Gasteiger partial charge in [-0.25, -0.2) is 10.4 Å². The van der Waals surface area contributed by atoms with Gasteiger partial charge < -0.3 is 5.11 Å². The molecule has 10 nitrogen and oxygen atoms in total. The van der Waals surface area contributed by atoms with Crippen LogP contribution in [0, 0.1) is 28.4 Å². The maximum absolute atomic E-state index is 12.2. The van der Waals surface area contributed by atoms with E-state index in [0.29, 0.717) is 11.1 Å². The van der Waals surface area contributed by atoms with Gasteiger partial charge in [0.25, 0.3) is 5.56 Å². The van der Waals surface area contributed by atoms with Gasteiger partial charge in [0.15, 0.2) is 0 Å². The van der Waals surface area contributed by atoms with Crippen LogP contribution in [-0.2, 0) is 0 Å². The van der Waals surface area contributed by atoms with Crippen molar-refractivity contribution in [2.45, 2.75) is 6.92 Å². The number of hydrogen-bond donors (Lipinski definition) is 3. The van der Waals surface area contributed by atoms with Gasteiger partial charge in [0.05, 0.1) is 16.8 Å².